The summed E-state index contributed by atoms with van der Waals surface area (Å²) in [4.78, 5) is 13.8. The van der Waals surface area contributed by atoms with Crippen molar-refractivity contribution in [3.8, 4) is 0 Å². The van der Waals surface area contributed by atoms with Crippen molar-refractivity contribution in [1.82, 2.24) is 0 Å². The van der Waals surface area contributed by atoms with Crippen LogP contribution in [0.5, 0.6) is 0 Å². The van der Waals surface area contributed by atoms with Crippen molar-refractivity contribution in [2.75, 3.05) is 33.0 Å². The molecule has 0 fully saturated rings. The van der Waals surface area contributed by atoms with Crippen LogP contribution in [0.1, 0.15) is 20.8 Å². The standard InChI is InChI=1S/C10H19N3O4/c1-10(2,3)17-9(14)8-16-7-6-15-5-4-12-13-11/h4-8H2,1-3H3. The molecule has 0 aliphatic carbocycles. The first kappa shape index (κ1) is 15.7. The molecule has 0 atom stereocenters. The van der Waals surface area contributed by atoms with Gasteiger partial charge in [-0.25, -0.2) is 4.79 Å². The van der Waals surface area contributed by atoms with Crippen LogP contribution in [-0.4, -0.2) is 44.5 Å². The monoisotopic (exact) mass is 245 g/mol. The summed E-state index contributed by atoms with van der Waals surface area (Å²) in [6.07, 6.45) is 0. The Labute approximate surface area is 101 Å². The van der Waals surface area contributed by atoms with Gasteiger partial charge in [0.15, 0.2) is 0 Å². The molecule has 0 amide bonds. The molecule has 0 spiro atoms. The van der Waals surface area contributed by atoms with Crippen LogP contribution < -0.4 is 0 Å². The smallest absolute Gasteiger partial charge is 0.332 e. The Morgan fingerprint density at radius 2 is 1.88 bits per heavy atom. The van der Waals surface area contributed by atoms with E-state index in [0.717, 1.165) is 0 Å². The van der Waals surface area contributed by atoms with Crippen molar-refractivity contribution < 1.29 is 19.0 Å². The van der Waals surface area contributed by atoms with E-state index < -0.39 is 11.6 Å². The van der Waals surface area contributed by atoms with E-state index in [1.165, 1.54) is 0 Å². The lowest BCUT2D eigenvalue weighted by Gasteiger charge is -2.19. The molecule has 0 rings (SSSR count). The molecule has 0 aromatic carbocycles. The van der Waals surface area contributed by atoms with Crippen molar-refractivity contribution in [1.29, 1.82) is 0 Å². The first-order valence-corrected chi connectivity index (χ1v) is 5.34. The molecule has 98 valence electrons. The number of azide groups is 1. The number of hydrogen-bond acceptors (Lipinski definition) is 5. The minimum atomic E-state index is -0.494. The number of rotatable bonds is 8. The fourth-order valence-corrected chi connectivity index (χ4v) is 0.896. The summed E-state index contributed by atoms with van der Waals surface area (Å²) in [5.74, 6) is -0.397. The van der Waals surface area contributed by atoms with Crippen LogP contribution in [0.3, 0.4) is 0 Å². The molecule has 0 aliphatic heterocycles. The van der Waals surface area contributed by atoms with Gasteiger partial charge < -0.3 is 14.2 Å². The SMILES string of the molecule is CC(C)(C)OC(=O)COCCOCCN=[N+]=[N-]. The Morgan fingerprint density at radius 3 is 2.47 bits per heavy atom. The zero-order valence-electron chi connectivity index (χ0n) is 10.5. The third-order valence-corrected chi connectivity index (χ3v) is 1.41. The number of esters is 1. The summed E-state index contributed by atoms with van der Waals surface area (Å²) < 4.78 is 15.2. The highest BCUT2D eigenvalue weighted by Crippen LogP contribution is 2.06. The fourth-order valence-electron chi connectivity index (χ4n) is 0.896. The molecule has 0 heterocycles. The average molecular weight is 245 g/mol. The molecule has 0 N–H and O–H groups in total. The minimum absolute atomic E-state index is 0.0863. The molecule has 0 aromatic heterocycles. The molecule has 0 saturated carbocycles. The molecule has 0 unspecified atom stereocenters. The van der Waals surface area contributed by atoms with Crippen molar-refractivity contribution in [3.05, 3.63) is 10.4 Å². The van der Waals surface area contributed by atoms with Gasteiger partial charge in [0.2, 0.25) is 0 Å². The Hall–Kier alpha value is -1.30. The highest BCUT2D eigenvalue weighted by Gasteiger charge is 2.15. The van der Waals surface area contributed by atoms with Gasteiger partial charge in [0.05, 0.1) is 19.8 Å². The maximum Gasteiger partial charge on any atom is 0.332 e. The molecule has 0 radical (unpaired) electrons. The number of ether oxygens (including phenoxy) is 3. The van der Waals surface area contributed by atoms with Crippen LogP contribution in [0.2, 0.25) is 0 Å². The predicted octanol–water partition coefficient (Wildman–Crippen LogP) is 1.67. The molecule has 0 bridgehead atoms. The van der Waals surface area contributed by atoms with Gasteiger partial charge in [-0.3, -0.25) is 0 Å². The Kier molecular flexibility index (Phi) is 8.13. The van der Waals surface area contributed by atoms with Crippen molar-refractivity contribution in [2.24, 2.45) is 5.11 Å². The Bertz CT molecular complexity index is 269. The quantitative estimate of drug-likeness (QED) is 0.214. The molecule has 0 aliphatic rings. The zero-order valence-corrected chi connectivity index (χ0v) is 10.5. The average Bonchev–Trinajstić information content (AvgIpc) is 2.19. The second kappa shape index (κ2) is 8.81. The van der Waals surface area contributed by atoms with E-state index >= 15 is 0 Å². The summed E-state index contributed by atoms with van der Waals surface area (Å²) in [6, 6.07) is 0. The lowest BCUT2D eigenvalue weighted by molar-refractivity contribution is -0.160. The van der Waals surface area contributed by atoms with Gasteiger partial charge in [0.25, 0.3) is 0 Å². The summed E-state index contributed by atoms with van der Waals surface area (Å²) in [5, 5.41) is 3.30. The first-order valence-electron chi connectivity index (χ1n) is 5.34. The second-order valence-corrected chi connectivity index (χ2v) is 4.21. The van der Waals surface area contributed by atoms with Crippen molar-refractivity contribution >= 4 is 5.97 Å². The van der Waals surface area contributed by atoms with Crippen molar-refractivity contribution in [2.45, 2.75) is 26.4 Å². The van der Waals surface area contributed by atoms with Gasteiger partial charge in [-0.2, -0.15) is 0 Å². The molecular weight excluding hydrogens is 226 g/mol. The number of carbonyl (C=O) groups is 1. The fraction of sp³-hybridized carbons (Fsp3) is 0.900. The van der Waals surface area contributed by atoms with Gasteiger partial charge in [-0.15, -0.1) is 0 Å². The predicted molar refractivity (Wildman–Crippen MR) is 61.5 cm³/mol. The first-order chi connectivity index (χ1) is 7.95. The molecular formula is C10H19N3O4. The third kappa shape index (κ3) is 12.6. The summed E-state index contributed by atoms with van der Waals surface area (Å²) >= 11 is 0. The number of hydrogen-bond donors (Lipinski definition) is 0. The third-order valence-electron chi connectivity index (χ3n) is 1.41. The zero-order chi connectivity index (χ0) is 13.1. The lowest BCUT2D eigenvalue weighted by atomic mass is 10.2. The van der Waals surface area contributed by atoms with E-state index in [4.69, 9.17) is 19.7 Å². The highest BCUT2D eigenvalue weighted by atomic mass is 16.6. The molecule has 0 aromatic rings. The Balaban J connectivity index is 3.34. The maximum atomic E-state index is 11.2. The normalized spacial score (nSPS) is 10.8. The van der Waals surface area contributed by atoms with Crippen LogP contribution >= 0.6 is 0 Å². The van der Waals surface area contributed by atoms with Crippen molar-refractivity contribution in [3.63, 3.8) is 0 Å². The minimum Gasteiger partial charge on any atom is -0.458 e. The molecule has 7 nitrogen and oxygen atoms in total. The van der Waals surface area contributed by atoms with E-state index in [1.54, 1.807) is 20.8 Å². The lowest BCUT2D eigenvalue weighted by Crippen LogP contribution is -2.27. The maximum absolute atomic E-state index is 11.2. The van der Waals surface area contributed by atoms with Gasteiger partial charge in [-0.05, 0) is 26.3 Å². The Morgan fingerprint density at radius 1 is 1.24 bits per heavy atom. The second-order valence-electron chi connectivity index (χ2n) is 4.21. The van der Waals surface area contributed by atoms with Gasteiger partial charge in [0, 0.05) is 11.5 Å². The van der Waals surface area contributed by atoms with E-state index in [2.05, 4.69) is 10.0 Å². The number of nitrogens with zero attached hydrogens (tertiary/aromatic N) is 3. The van der Waals surface area contributed by atoms with E-state index in [9.17, 15) is 4.79 Å². The van der Waals surface area contributed by atoms with Crippen LogP contribution in [0.15, 0.2) is 5.11 Å². The molecule has 17 heavy (non-hydrogen) atoms. The molecule has 0 saturated heterocycles. The highest BCUT2D eigenvalue weighted by molar-refractivity contribution is 5.71. The van der Waals surface area contributed by atoms with Crippen LogP contribution in [0.4, 0.5) is 0 Å². The van der Waals surface area contributed by atoms with Crippen LogP contribution in [0.25, 0.3) is 10.4 Å². The van der Waals surface area contributed by atoms with E-state index in [-0.39, 0.29) is 6.61 Å². The van der Waals surface area contributed by atoms with Crippen LogP contribution in [0, 0.1) is 0 Å². The number of carbonyl (C=O) groups excluding carboxylic acids is 1. The van der Waals surface area contributed by atoms with Gasteiger partial charge in [0.1, 0.15) is 12.2 Å². The van der Waals surface area contributed by atoms with E-state index in [1.807, 2.05) is 0 Å². The summed E-state index contributed by atoms with van der Waals surface area (Å²) in [6.45, 7) is 6.59. The summed E-state index contributed by atoms with van der Waals surface area (Å²) in [5.41, 5.74) is 7.49. The van der Waals surface area contributed by atoms with Gasteiger partial charge in [-0.1, -0.05) is 5.11 Å². The topological polar surface area (TPSA) is 93.5 Å². The van der Waals surface area contributed by atoms with Gasteiger partial charge >= 0.3 is 5.97 Å². The summed E-state index contributed by atoms with van der Waals surface area (Å²) in [7, 11) is 0. The largest absolute Gasteiger partial charge is 0.458 e. The van der Waals surface area contributed by atoms with E-state index in [0.29, 0.717) is 26.4 Å². The molecule has 7 heteroatoms. The van der Waals surface area contributed by atoms with Crippen LogP contribution in [-0.2, 0) is 19.0 Å².